The maximum absolute atomic E-state index is 9.00. The van der Waals surface area contributed by atoms with Crippen molar-refractivity contribution < 1.29 is 9.94 Å². The molecule has 6 nitrogen and oxygen atoms in total. The molecule has 0 aromatic carbocycles. The Bertz CT molecular complexity index is 399. The first-order valence-electron chi connectivity index (χ1n) is 5.18. The van der Waals surface area contributed by atoms with E-state index >= 15 is 0 Å². The molecule has 2 rings (SSSR count). The Morgan fingerprint density at radius 3 is 2.59 bits per heavy atom. The van der Waals surface area contributed by atoms with E-state index in [4.69, 9.17) is 33.1 Å². The summed E-state index contributed by atoms with van der Waals surface area (Å²) in [5.41, 5.74) is 2.20. The summed E-state index contributed by atoms with van der Waals surface area (Å²) in [4.78, 5) is 7.73. The van der Waals surface area contributed by atoms with Gasteiger partial charge in [0.15, 0.2) is 11.0 Å². The second-order valence-corrected chi connectivity index (χ2v) is 4.35. The van der Waals surface area contributed by atoms with Crippen molar-refractivity contribution in [2.24, 2.45) is 0 Å². The van der Waals surface area contributed by atoms with Gasteiger partial charge >= 0.3 is 0 Å². The molecular formula is C9H12Cl2N4O2. The zero-order valence-electron chi connectivity index (χ0n) is 8.91. The normalized spacial score (nSPS) is 16.9. The first-order valence-corrected chi connectivity index (χ1v) is 5.93. The van der Waals surface area contributed by atoms with Crippen LogP contribution in [-0.2, 0) is 4.74 Å². The summed E-state index contributed by atoms with van der Waals surface area (Å²) in [6.07, 6.45) is 1.73. The standard InChI is InChI=1S/C9H12Cl2N4O2/c10-7-6(15-16)8(14-9(11)13-7)12-5-1-3-17-4-2-5/h5,15-16H,1-4H2,(H,12,13,14). The number of hydrogen-bond donors (Lipinski definition) is 3. The molecule has 94 valence electrons. The minimum atomic E-state index is 0.0311. The van der Waals surface area contributed by atoms with Crippen molar-refractivity contribution in [3.05, 3.63) is 10.4 Å². The van der Waals surface area contributed by atoms with Crippen molar-refractivity contribution >= 4 is 34.7 Å². The summed E-state index contributed by atoms with van der Waals surface area (Å²) in [6, 6.07) is 0.220. The average Bonchev–Trinajstić information content (AvgIpc) is 2.30. The number of hydrogen-bond acceptors (Lipinski definition) is 6. The smallest absolute Gasteiger partial charge is 0.225 e. The van der Waals surface area contributed by atoms with E-state index in [1.807, 2.05) is 5.48 Å². The minimum Gasteiger partial charge on any atom is -0.381 e. The lowest BCUT2D eigenvalue weighted by Gasteiger charge is -2.24. The Labute approximate surface area is 108 Å². The van der Waals surface area contributed by atoms with Crippen LogP contribution in [0.3, 0.4) is 0 Å². The van der Waals surface area contributed by atoms with Crippen molar-refractivity contribution in [1.29, 1.82) is 0 Å². The van der Waals surface area contributed by atoms with Gasteiger partial charge in [-0.1, -0.05) is 11.6 Å². The number of ether oxygens (including phenoxy) is 1. The van der Waals surface area contributed by atoms with Gasteiger partial charge in [-0.05, 0) is 24.4 Å². The summed E-state index contributed by atoms with van der Waals surface area (Å²) in [7, 11) is 0. The molecule has 3 N–H and O–H groups in total. The molecule has 0 bridgehead atoms. The van der Waals surface area contributed by atoms with E-state index in [1.165, 1.54) is 0 Å². The quantitative estimate of drug-likeness (QED) is 0.447. The maximum atomic E-state index is 9.00. The molecule has 1 fully saturated rings. The zero-order valence-corrected chi connectivity index (χ0v) is 10.4. The number of rotatable bonds is 3. The Balaban J connectivity index is 2.18. The van der Waals surface area contributed by atoms with Crippen LogP contribution in [0.15, 0.2) is 0 Å². The van der Waals surface area contributed by atoms with Gasteiger partial charge in [0, 0.05) is 19.3 Å². The zero-order chi connectivity index (χ0) is 12.3. The van der Waals surface area contributed by atoms with E-state index in [1.54, 1.807) is 0 Å². The molecular weight excluding hydrogens is 267 g/mol. The van der Waals surface area contributed by atoms with Crippen LogP contribution in [-0.4, -0.2) is 34.4 Å². The van der Waals surface area contributed by atoms with E-state index in [2.05, 4.69) is 15.3 Å². The largest absolute Gasteiger partial charge is 0.381 e. The van der Waals surface area contributed by atoms with Gasteiger partial charge in [-0.2, -0.15) is 4.98 Å². The number of aromatic nitrogens is 2. The van der Waals surface area contributed by atoms with Gasteiger partial charge in [0.2, 0.25) is 5.28 Å². The predicted molar refractivity (Wildman–Crippen MR) is 64.9 cm³/mol. The van der Waals surface area contributed by atoms with E-state index in [9.17, 15) is 0 Å². The fourth-order valence-corrected chi connectivity index (χ4v) is 2.07. The molecule has 0 spiro atoms. The highest BCUT2D eigenvalue weighted by molar-refractivity contribution is 6.34. The van der Waals surface area contributed by atoms with Gasteiger partial charge < -0.3 is 10.1 Å². The van der Waals surface area contributed by atoms with Crippen LogP contribution in [0, 0.1) is 0 Å². The number of anilines is 2. The highest BCUT2D eigenvalue weighted by Crippen LogP contribution is 2.29. The number of halogens is 2. The maximum Gasteiger partial charge on any atom is 0.225 e. The molecule has 17 heavy (non-hydrogen) atoms. The third-order valence-corrected chi connectivity index (χ3v) is 2.95. The molecule has 2 heterocycles. The topological polar surface area (TPSA) is 79.3 Å². The van der Waals surface area contributed by atoms with Gasteiger partial charge in [-0.15, -0.1) is 0 Å². The fourth-order valence-electron chi connectivity index (χ4n) is 1.65. The van der Waals surface area contributed by atoms with Crippen LogP contribution in [0.4, 0.5) is 11.5 Å². The van der Waals surface area contributed by atoms with Crippen molar-refractivity contribution in [1.82, 2.24) is 9.97 Å². The van der Waals surface area contributed by atoms with Crippen molar-refractivity contribution in [3.8, 4) is 0 Å². The fraction of sp³-hybridized carbons (Fsp3) is 0.556. The van der Waals surface area contributed by atoms with Crippen LogP contribution >= 0.6 is 23.2 Å². The van der Waals surface area contributed by atoms with E-state index in [-0.39, 0.29) is 22.2 Å². The molecule has 1 saturated heterocycles. The van der Waals surface area contributed by atoms with Crippen LogP contribution in [0.5, 0.6) is 0 Å². The van der Waals surface area contributed by atoms with Gasteiger partial charge in [0.05, 0.1) is 0 Å². The molecule has 1 aliphatic heterocycles. The van der Waals surface area contributed by atoms with Crippen LogP contribution in [0.2, 0.25) is 10.4 Å². The lowest BCUT2D eigenvalue weighted by molar-refractivity contribution is 0.0904. The van der Waals surface area contributed by atoms with Gasteiger partial charge in [0.1, 0.15) is 5.69 Å². The molecule has 0 radical (unpaired) electrons. The summed E-state index contributed by atoms with van der Waals surface area (Å²) < 4.78 is 5.25. The third-order valence-electron chi connectivity index (χ3n) is 2.51. The molecule has 0 amide bonds. The highest BCUT2D eigenvalue weighted by atomic mass is 35.5. The summed E-state index contributed by atoms with van der Waals surface area (Å²) in [5.74, 6) is 0.393. The van der Waals surface area contributed by atoms with Crippen molar-refractivity contribution in [2.45, 2.75) is 18.9 Å². The van der Waals surface area contributed by atoms with Gasteiger partial charge in [0.25, 0.3) is 0 Å². The molecule has 0 saturated carbocycles. The number of nitrogens with zero attached hydrogens (tertiary/aromatic N) is 2. The SMILES string of the molecule is ONc1c(Cl)nc(Cl)nc1NC1CCOCC1. The summed E-state index contributed by atoms with van der Waals surface area (Å²) in [5, 5.41) is 12.3. The van der Waals surface area contributed by atoms with E-state index in [0.29, 0.717) is 19.0 Å². The van der Waals surface area contributed by atoms with Gasteiger partial charge in [-0.25, -0.2) is 4.98 Å². The average molecular weight is 279 g/mol. The van der Waals surface area contributed by atoms with E-state index < -0.39 is 0 Å². The van der Waals surface area contributed by atoms with Crippen LogP contribution in [0.25, 0.3) is 0 Å². The molecule has 0 atom stereocenters. The van der Waals surface area contributed by atoms with Crippen LogP contribution < -0.4 is 10.8 Å². The van der Waals surface area contributed by atoms with Crippen LogP contribution in [0.1, 0.15) is 12.8 Å². The summed E-state index contributed by atoms with van der Waals surface area (Å²) >= 11 is 11.5. The molecule has 0 unspecified atom stereocenters. The first-order chi connectivity index (χ1) is 8.20. The Hall–Kier alpha value is -0.820. The second-order valence-electron chi connectivity index (χ2n) is 3.65. The third kappa shape index (κ3) is 3.10. The molecule has 1 aromatic heterocycles. The van der Waals surface area contributed by atoms with Gasteiger partial charge in [-0.3, -0.25) is 10.7 Å². The lowest BCUT2D eigenvalue weighted by atomic mass is 10.1. The molecule has 1 aliphatic rings. The lowest BCUT2D eigenvalue weighted by Crippen LogP contribution is -2.28. The molecule has 1 aromatic rings. The van der Waals surface area contributed by atoms with Crippen molar-refractivity contribution in [2.75, 3.05) is 24.0 Å². The monoisotopic (exact) mass is 278 g/mol. The summed E-state index contributed by atoms with van der Waals surface area (Å²) in [6.45, 7) is 1.40. The Morgan fingerprint density at radius 1 is 1.24 bits per heavy atom. The Kier molecular flexibility index (Phi) is 4.22. The highest BCUT2D eigenvalue weighted by Gasteiger charge is 2.18. The number of nitrogens with one attached hydrogen (secondary N) is 2. The predicted octanol–water partition coefficient (Wildman–Crippen LogP) is 2.18. The molecule has 8 heteroatoms. The second kappa shape index (κ2) is 5.68. The minimum absolute atomic E-state index is 0.0311. The Morgan fingerprint density at radius 2 is 1.94 bits per heavy atom. The van der Waals surface area contributed by atoms with Crippen molar-refractivity contribution in [3.63, 3.8) is 0 Å². The molecule has 0 aliphatic carbocycles. The van der Waals surface area contributed by atoms with E-state index in [0.717, 1.165) is 12.8 Å². The first kappa shape index (κ1) is 12.6.